The first kappa shape index (κ1) is 22.1. The fourth-order valence-corrected chi connectivity index (χ4v) is 6.16. The van der Waals surface area contributed by atoms with Crippen LogP contribution in [0, 0.1) is 0 Å². The van der Waals surface area contributed by atoms with Crippen LogP contribution in [0.25, 0.3) is 11.1 Å². The van der Waals surface area contributed by atoms with E-state index in [1.54, 1.807) is 0 Å². The summed E-state index contributed by atoms with van der Waals surface area (Å²) in [5, 5.41) is 9.69. The molecule has 0 bridgehead atoms. The second-order valence-electron chi connectivity index (χ2n) is 10.8. The number of benzene rings is 2. The number of hydrogen-bond acceptors (Lipinski definition) is 4. The predicted octanol–water partition coefficient (Wildman–Crippen LogP) is 4.66. The average molecular weight is 461 g/mol. The van der Waals surface area contributed by atoms with Crippen LogP contribution in [-0.4, -0.2) is 64.7 Å². The van der Waals surface area contributed by atoms with Gasteiger partial charge < -0.3 is 19.6 Å². The Morgan fingerprint density at radius 1 is 0.882 bits per heavy atom. The number of rotatable bonds is 3. The van der Waals surface area contributed by atoms with Crippen LogP contribution in [-0.2, 0) is 6.42 Å². The number of amides is 1. The molecule has 3 aliphatic heterocycles. The van der Waals surface area contributed by atoms with Crippen LogP contribution in [0.2, 0.25) is 0 Å². The average Bonchev–Trinajstić information content (AvgIpc) is 2.84. The van der Waals surface area contributed by atoms with Crippen molar-refractivity contribution in [2.75, 3.05) is 26.2 Å². The molecule has 0 atom stereocenters. The van der Waals surface area contributed by atoms with E-state index < -0.39 is 0 Å². The molecule has 1 N–H and O–H groups in total. The number of carbonyl (C=O) groups excluding carboxylic acids is 1. The van der Waals surface area contributed by atoms with Gasteiger partial charge in [-0.2, -0.15) is 0 Å². The van der Waals surface area contributed by atoms with Crippen molar-refractivity contribution >= 4 is 5.91 Å². The minimum atomic E-state index is -0.269. The van der Waals surface area contributed by atoms with E-state index in [-0.39, 0.29) is 17.6 Å². The van der Waals surface area contributed by atoms with Crippen molar-refractivity contribution in [1.82, 2.24) is 9.80 Å². The molecule has 6 rings (SSSR count). The molecule has 34 heavy (non-hydrogen) atoms. The lowest BCUT2D eigenvalue weighted by atomic mass is 9.81. The Balaban J connectivity index is 1.11. The zero-order chi connectivity index (χ0) is 23.1. The lowest BCUT2D eigenvalue weighted by molar-refractivity contribution is -0.0336. The van der Waals surface area contributed by atoms with Gasteiger partial charge in [0.05, 0.1) is 6.10 Å². The highest BCUT2D eigenvalue weighted by molar-refractivity contribution is 5.94. The lowest BCUT2D eigenvalue weighted by Gasteiger charge is -2.48. The molecule has 2 aromatic rings. The fraction of sp³-hybridized carbons (Fsp3) is 0.552. The minimum absolute atomic E-state index is 0.0290. The number of likely N-dealkylation sites (tertiary alicyclic amines) is 2. The highest BCUT2D eigenvalue weighted by Crippen LogP contribution is 2.42. The molecule has 3 fully saturated rings. The van der Waals surface area contributed by atoms with E-state index in [2.05, 4.69) is 35.2 Å². The van der Waals surface area contributed by atoms with Gasteiger partial charge in [-0.05, 0) is 92.3 Å². The van der Waals surface area contributed by atoms with E-state index in [1.807, 2.05) is 17.0 Å². The number of aryl methyl sites for hydroxylation is 1. The second-order valence-corrected chi connectivity index (χ2v) is 10.8. The van der Waals surface area contributed by atoms with Crippen LogP contribution in [0.15, 0.2) is 42.5 Å². The third-order valence-electron chi connectivity index (χ3n) is 8.75. The van der Waals surface area contributed by atoms with Gasteiger partial charge >= 0.3 is 0 Å². The van der Waals surface area contributed by atoms with Crippen LogP contribution < -0.4 is 4.74 Å². The van der Waals surface area contributed by atoms with E-state index in [0.29, 0.717) is 25.9 Å². The summed E-state index contributed by atoms with van der Waals surface area (Å²) in [6.07, 6.45) is 9.72. The number of ether oxygens (including phenoxy) is 1. The van der Waals surface area contributed by atoms with Crippen molar-refractivity contribution in [3.8, 4) is 16.9 Å². The fourth-order valence-electron chi connectivity index (χ4n) is 6.16. The lowest BCUT2D eigenvalue weighted by Crippen LogP contribution is -2.53. The van der Waals surface area contributed by atoms with Crippen molar-refractivity contribution in [1.29, 1.82) is 0 Å². The van der Waals surface area contributed by atoms with E-state index in [0.717, 1.165) is 48.6 Å². The molecule has 2 saturated heterocycles. The Morgan fingerprint density at radius 2 is 1.59 bits per heavy atom. The quantitative estimate of drug-likeness (QED) is 0.724. The SMILES string of the molecule is O=C(c1ccc(-c2ccc3c(c2)CCC2(CCN(C4CCC4)CC2)O3)cc1)N1CCC(O)CC1. The monoisotopic (exact) mass is 460 g/mol. The second kappa shape index (κ2) is 9.01. The number of piperidine rings is 2. The maximum absolute atomic E-state index is 12.8. The summed E-state index contributed by atoms with van der Waals surface area (Å²) in [5.74, 6) is 1.12. The van der Waals surface area contributed by atoms with Crippen molar-refractivity contribution in [3.63, 3.8) is 0 Å². The molecule has 180 valence electrons. The highest BCUT2D eigenvalue weighted by Gasteiger charge is 2.41. The molecule has 0 radical (unpaired) electrons. The van der Waals surface area contributed by atoms with Gasteiger partial charge in [-0.15, -0.1) is 0 Å². The summed E-state index contributed by atoms with van der Waals surface area (Å²) in [6.45, 7) is 3.63. The molecule has 0 unspecified atom stereocenters. The summed E-state index contributed by atoms with van der Waals surface area (Å²) in [5.41, 5.74) is 4.36. The number of aliphatic hydroxyl groups excluding tert-OH is 1. The number of aliphatic hydroxyl groups is 1. The zero-order valence-electron chi connectivity index (χ0n) is 20.0. The van der Waals surface area contributed by atoms with Crippen LogP contribution in [0.4, 0.5) is 0 Å². The molecule has 0 aromatic heterocycles. The molecule has 1 aliphatic carbocycles. The Morgan fingerprint density at radius 3 is 2.26 bits per heavy atom. The number of nitrogens with zero attached hydrogens (tertiary/aromatic N) is 2. The third kappa shape index (κ3) is 4.25. The topological polar surface area (TPSA) is 53.0 Å². The smallest absolute Gasteiger partial charge is 0.253 e. The molecule has 1 spiro atoms. The van der Waals surface area contributed by atoms with E-state index in [1.165, 1.54) is 43.5 Å². The van der Waals surface area contributed by atoms with Gasteiger partial charge in [-0.3, -0.25) is 4.79 Å². The maximum atomic E-state index is 12.8. The molecular formula is C29H36N2O3. The Kier molecular flexibility index (Phi) is 5.86. The normalized spacial score (nSPS) is 23.3. The molecule has 2 aromatic carbocycles. The number of hydrogen-bond donors (Lipinski definition) is 1. The van der Waals surface area contributed by atoms with Crippen LogP contribution in [0.5, 0.6) is 5.75 Å². The van der Waals surface area contributed by atoms with E-state index in [4.69, 9.17) is 4.74 Å². The largest absolute Gasteiger partial charge is 0.487 e. The summed E-state index contributed by atoms with van der Waals surface area (Å²) in [7, 11) is 0. The van der Waals surface area contributed by atoms with Crippen LogP contribution in [0.1, 0.15) is 67.3 Å². The summed E-state index contributed by atoms with van der Waals surface area (Å²) < 4.78 is 6.66. The van der Waals surface area contributed by atoms with Crippen LogP contribution >= 0.6 is 0 Å². The van der Waals surface area contributed by atoms with Gasteiger partial charge in [-0.1, -0.05) is 24.6 Å². The first-order valence-electron chi connectivity index (χ1n) is 13.2. The van der Waals surface area contributed by atoms with Crippen molar-refractivity contribution in [3.05, 3.63) is 53.6 Å². The molecule has 1 saturated carbocycles. The van der Waals surface area contributed by atoms with Crippen LogP contribution in [0.3, 0.4) is 0 Å². The van der Waals surface area contributed by atoms with Crippen molar-refractivity contribution < 1.29 is 14.6 Å². The Bertz CT molecular complexity index is 1030. The Labute approximate surface area is 202 Å². The first-order chi connectivity index (χ1) is 16.6. The van der Waals surface area contributed by atoms with Crippen molar-refractivity contribution in [2.24, 2.45) is 0 Å². The standard InChI is InChI=1S/C29H36N2O3/c32-26-11-16-31(17-12-26)28(33)22-6-4-21(5-7-22)23-8-9-27-24(20-23)10-13-29(34-27)14-18-30(19-15-29)25-2-1-3-25/h4-9,20,25-26,32H,1-3,10-19H2. The predicted molar refractivity (Wildman–Crippen MR) is 133 cm³/mol. The summed E-state index contributed by atoms with van der Waals surface area (Å²) >= 11 is 0. The number of carbonyl (C=O) groups is 1. The zero-order valence-corrected chi connectivity index (χ0v) is 20.0. The number of fused-ring (bicyclic) bond motifs is 1. The van der Waals surface area contributed by atoms with E-state index in [9.17, 15) is 9.90 Å². The summed E-state index contributed by atoms with van der Waals surface area (Å²) in [4.78, 5) is 17.3. The molecule has 1 amide bonds. The van der Waals surface area contributed by atoms with Gasteiger partial charge in [0.1, 0.15) is 11.4 Å². The minimum Gasteiger partial charge on any atom is -0.487 e. The van der Waals surface area contributed by atoms with Gasteiger partial charge in [0.15, 0.2) is 0 Å². The third-order valence-corrected chi connectivity index (χ3v) is 8.75. The van der Waals surface area contributed by atoms with Gasteiger partial charge in [0.25, 0.3) is 5.91 Å². The van der Waals surface area contributed by atoms with Gasteiger partial charge in [0, 0.05) is 37.8 Å². The maximum Gasteiger partial charge on any atom is 0.253 e. The molecule has 4 aliphatic rings. The molecular weight excluding hydrogens is 424 g/mol. The molecule has 3 heterocycles. The highest BCUT2D eigenvalue weighted by atomic mass is 16.5. The summed E-state index contributed by atoms with van der Waals surface area (Å²) in [6, 6.07) is 15.4. The molecule has 5 nitrogen and oxygen atoms in total. The van der Waals surface area contributed by atoms with Gasteiger partial charge in [0.2, 0.25) is 0 Å². The van der Waals surface area contributed by atoms with Gasteiger partial charge in [-0.25, -0.2) is 0 Å². The Hall–Kier alpha value is -2.37. The first-order valence-corrected chi connectivity index (χ1v) is 13.2. The molecule has 5 heteroatoms. The van der Waals surface area contributed by atoms with E-state index >= 15 is 0 Å². The van der Waals surface area contributed by atoms with Crippen molar-refractivity contribution in [2.45, 2.75) is 75.5 Å².